The molecule has 4 aromatic rings. The van der Waals surface area contributed by atoms with Crippen LogP contribution in [0.15, 0.2) is 48.8 Å². The average Bonchev–Trinajstić information content (AvgIpc) is 2.94. The fourth-order valence-electron chi connectivity index (χ4n) is 4.33. The largest absolute Gasteiger partial charge is 0.464 e. The zero-order chi connectivity index (χ0) is 28.2. The molecule has 1 fully saturated rings. The van der Waals surface area contributed by atoms with Crippen molar-refractivity contribution in [1.82, 2.24) is 9.97 Å². The SMILES string of the molecule is CCOC(=O)C1(F)CCN(c2c(C#N)cnc3ccc(Cl)cc23)CC1.N#Cc1cnc2ccc(Cl)cc2c1Cl. The average molecular weight is 585 g/mol. The van der Waals surface area contributed by atoms with Crippen molar-refractivity contribution in [2.45, 2.75) is 25.4 Å². The van der Waals surface area contributed by atoms with Gasteiger partial charge in [-0.3, -0.25) is 9.97 Å². The van der Waals surface area contributed by atoms with Crippen LogP contribution in [0.4, 0.5) is 10.1 Å². The van der Waals surface area contributed by atoms with Gasteiger partial charge >= 0.3 is 5.97 Å². The summed E-state index contributed by atoms with van der Waals surface area (Å²) in [6.45, 7) is 2.41. The number of anilines is 1. The predicted molar refractivity (Wildman–Crippen MR) is 150 cm³/mol. The Morgan fingerprint density at radius 3 is 2.08 bits per heavy atom. The fraction of sp³-hybridized carbons (Fsp3) is 0.250. The molecule has 5 rings (SSSR count). The normalized spacial score (nSPS) is 14.2. The molecule has 2 aromatic carbocycles. The molecule has 0 N–H and O–H groups in total. The van der Waals surface area contributed by atoms with Gasteiger partial charge in [-0.2, -0.15) is 10.5 Å². The number of nitrogens with zero attached hydrogens (tertiary/aromatic N) is 5. The van der Waals surface area contributed by atoms with E-state index in [1.54, 1.807) is 43.3 Å². The van der Waals surface area contributed by atoms with Gasteiger partial charge < -0.3 is 9.64 Å². The van der Waals surface area contributed by atoms with Gasteiger partial charge in [0, 0.05) is 59.1 Å². The lowest BCUT2D eigenvalue weighted by Crippen LogP contribution is -2.47. The summed E-state index contributed by atoms with van der Waals surface area (Å²) in [5.74, 6) is -0.808. The van der Waals surface area contributed by atoms with E-state index in [9.17, 15) is 14.4 Å². The van der Waals surface area contributed by atoms with E-state index in [2.05, 4.69) is 16.0 Å². The maximum atomic E-state index is 14.8. The Balaban J connectivity index is 0.000000212. The van der Waals surface area contributed by atoms with E-state index in [4.69, 9.17) is 44.8 Å². The van der Waals surface area contributed by atoms with E-state index in [0.29, 0.717) is 55.9 Å². The number of hydrogen-bond acceptors (Lipinski definition) is 7. The second-order valence-corrected chi connectivity index (χ2v) is 9.98. The van der Waals surface area contributed by atoms with Crippen molar-refractivity contribution in [3.8, 4) is 12.1 Å². The number of piperidine rings is 1. The summed E-state index contributed by atoms with van der Waals surface area (Å²) in [6, 6.07) is 14.6. The summed E-state index contributed by atoms with van der Waals surface area (Å²) >= 11 is 17.9. The van der Waals surface area contributed by atoms with E-state index >= 15 is 0 Å². The highest BCUT2D eigenvalue weighted by Gasteiger charge is 2.43. The summed E-state index contributed by atoms with van der Waals surface area (Å²) in [5, 5.41) is 21.2. The fourth-order valence-corrected chi connectivity index (χ4v) is 4.92. The van der Waals surface area contributed by atoms with Gasteiger partial charge in [0.2, 0.25) is 5.67 Å². The molecule has 0 saturated carbocycles. The van der Waals surface area contributed by atoms with Gasteiger partial charge in [0.05, 0.1) is 39.5 Å². The monoisotopic (exact) mass is 583 g/mol. The molecule has 2 aromatic heterocycles. The molecule has 0 unspecified atom stereocenters. The zero-order valence-corrected chi connectivity index (χ0v) is 23.0. The summed E-state index contributed by atoms with van der Waals surface area (Å²) in [6.07, 6.45) is 3.00. The first kappa shape index (κ1) is 28.3. The van der Waals surface area contributed by atoms with E-state index < -0.39 is 11.6 Å². The second kappa shape index (κ2) is 12.0. The van der Waals surface area contributed by atoms with Crippen LogP contribution in [0.3, 0.4) is 0 Å². The van der Waals surface area contributed by atoms with Crippen LogP contribution in [0.1, 0.15) is 30.9 Å². The maximum Gasteiger partial charge on any atom is 0.344 e. The van der Waals surface area contributed by atoms with Crippen LogP contribution in [-0.2, 0) is 9.53 Å². The Bertz CT molecular complexity index is 1640. The van der Waals surface area contributed by atoms with Crippen molar-refractivity contribution in [2.75, 3.05) is 24.6 Å². The molecule has 1 aliphatic rings. The molecule has 198 valence electrons. The minimum Gasteiger partial charge on any atom is -0.464 e. The van der Waals surface area contributed by atoms with Crippen LogP contribution >= 0.6 is 34.8 Å². The predicted octanol–water partition coefficient (Wildman–Crippen LogP) is 7.04. The zero-order valence-electron chi connectivity index (χ0n) is 20.7. The number of alkyl halides is 1. The van der Waals surface area contributed by atoms with E-state index in [-0.39, 0.29) is 19.4 Å². The standard InChI is InChI=1S/C18H17ClFN3O2.C10H4Cl2N2/c1-2-25-17(24)18(20)5-7-23(8-6-18)16-12(10-21)11-22-15-4-3-13(19)9-14(15)16;11-7-1-2-9-8(3-7)10(12)6(4-13)5-14-9/h3-4,9,11H,2,5-8H2,1H3;1-3,5H. The number of halogens is 4. The van der Waals surface area contributed by atoms with Crippen molar-refractivity contribution in [1.29, 1.82) is 10.5 Å². The molecule has 0 aliphatic carbocycles. The smallest absolute Gasteiger partial charge is 0.344 e. The Morgan fingerprint density at radius 1 is 0.974 bits per heavy atom. The lowest BCUT2D eigenvalue weighted by atomic mass is 9.92. The lowest BCUT2D eigenvalue weighted by molar-refractivity contribution is -0.158. The van der Waals surface area contributed by atoms with E-state index in [0.717, 1.165) is 10.9 Å². The third-order valence-corrected chi connectivity index (χ3v) is 7.20. The molecule has 0 radical (unpaired) electrons. The summed E-state index contributed by atoms with van der Waals surface area (Å²) < 4.78 is 19.6. The van der Waals surface area contributed by atoms with Crippen LogP contribution in [0, 0.1) is 22.7 Å². The highest BCUT2D eigenvalue weighted by Crippen LogP contribution is 2.36. The van der Waals surface area contributed by atoms with Crippen molar-refractivity contribution in [3.63, 3.8) is 0 Å². The Kier molecular flexibility index (Phi) is 8.72. The van der Waals surface area contributed by atoms with Crippen molar-refractivity contribution in [2.24, 2.45) is 0 Å². The second-order valence-electron chi connectivity index (χ2n) is 8.73. The van der Waals surface area contributed by atoms with Crippen molar-refractivity contribution in [3.05, 3.63) is 75.0 Å². The number of esters is 1. The van der Waals surface area contributed by atoms with Gasteiger partial charge in [-0.1, -0.05) is 34.8 Å². The summed E-state index contributed by atoms with van der Waals surface area (Å²) in [7, 11) is 0. The number of carbonyl (C=O) groups excluding carboxylic acids is 1. The molecule has 0 amide bonds. The third kappa shape index (κ3) is 5.99. The van der Waals surface area contributed by atoms with Gasteiger partial charge in [-0.15, -0.1) is 0 Å². The third-order valence-electron chi connectivity index (χ3n) is 6.32. The molecule has 0 bridgehead atoms. The lowest BCUT2D eigenvalue weighted by Gasteiger charge is -2.36. The van der Waals surface area contributed by atoms with Crippen LogP contribution < -0.4 is 4.90 Å². The first-order chi connectivity index (χ1) is 18.7. The summed E-state index contributed by atoms with van der Waals surface area (Å²) in [4.78, 5) is 22.1. The van der Waals surface area contributed by atoms with E-state index in [1.165, 1.54) is 12.4 Å². The molecular formula is C28H21Cl3FN5O2. The Hall–Kier alpha value is -3.69. The molecule has 3 heterocycles. The number of pyridine rings is 2. The molecule has 11 heteroatoms. The number of hydrogen-bond donors (Lipinski definition) is 0. The highest BCUT2D eigenvalue weighted by atomic mass is 35.5. The molecular weight excluding hydrogens is 564 g/mol. The van der Waals surface area contributed by atoms with E-state index in [1.807, 2.05) is 11.0 Å². The number of ether oxygens (including phenoxy) is 1. The van der Waals surface area contributed by atoms with Crippen molar-refractivity contribution < 1.29 is 13.9 Å². The number of aromatic nitrogens is 2. The number of fused-ring (bicyclic) bond motifs is 2. The van der Waals surface area contributed by atoms with Gasteiger partial charge in [-0.25, -0.2) is 9.18 Å². The Morgan fingerprint density at radius 2 is 1.51 bits per heavy atom. The van der Waals surface area contributed by atoms with Crippen LogP contribution in [0.5, 0.6) is 0 Å². The van der Waals surface area contributed by atoms with Gasteiger partial charge in [-0.05, 0) is 43.3 Å². The molecule has 1 saturated heterocycles. The highest BCUT2D eigenvalue weighted by molar-refractivity contribution is 6.37. The first-order valence-corrected chi connectivity index (χ1v) is 13.1. The quantitative estimate of drug-likeness (QED) is 0.238. The molecule has 7 nitrogen and oxygen atoms in total. The van der Waals surface area contributed by atoms with Crippen LogP contribution in [0.25, 0.3) is 21.8 Å². The minimum absolute atomic E-state index is 0.0150. The topological polar surface area (TPSA) is 103 Å². The Labute approximate surface area is 239 Å². The molecule has 0 spiro atoms. The van der Waals surface area contributed by atoms with Gasteiger partial charge in [0.25, 0.3) is 0 Å². The molecule has 0 atom stereocenters. The number of rotatable bonds is 3. The van der Waals surface area contributed by atoms with Crippen LogP contribution in [0.2, 0.25) is 15.1 Å². The number of benzene rings is 2. The van der Waals surface area contributed by atoms with Crippen molar-refractivity contribution >= 4 is 68.3 Å². The van der Waals surface area contributed by atoms with Gasteiger partial charge in [0.15, 0.2) is 0 Å². The first-order valence-electron chi connectivity index (χ1n) is 11.9. The minimum atomic E-state index is -1.97. The van der Waals surface area contributed by atoms with Gasteiger partial charge in [0.1, 0.15) is 12.1 Å². The van der Waals surface area contributed by atoms with Crippen LogP contribution in [-0.4, -0.2) is 41.3 Å². The molecule has 39 heavy (non-hydrogen) atoms. The maximum absolute atomic E-state index is 14.8. The molecule has 1 aliphatic heterocycles. The summed E-state index contributed by atoms with van der Waals surface area (Å²) in [5.41, 5.74) is 0.915. The number of nitriles is 2. The number of carbonyl (C=O) groups is 1.